The van der Waals surface area contributed by atoms with Crippen LogP contribution in [0.2, 0.25) is 0 Å². The van der Waals surface area contributed by atoms with Crippen LogP contribution in [0.5, 0.6) is 5.75 Å². The molecule has 24 heavy (non-hydrogen) atoms. The van der Waals surface area contributed by atoms with Crippen molar-refractivity contribution >= 4 is 19.3 Å². The van der Waals surface area contributed by atoms with E-state index >= 15 is 0 Å². The van der Waals surface area contributed by atoms with E-state index in [1.807, 2.05) is 6.92 Å². The number of hydrogen-bond donors (Lipinski definition) is 0. The molecule has 0 aliphatic carbocycles. The zero-order valence-electron chi connectivity index (χ0n) is 13.4. The van der Waals surface area contributed by atoms with Gasteiger partial charge in [-0.3, -0.25) is 10.0 Å². The summed E-state index contributed by atoms with van der Waals surface area (Å²) in [5, 5.41) is 5.30. The molecule has 130 valence electrons. The molecule has 0 saturated heterocycles. The van der Waals surface area contributed by atoms with Crippen molar-refractivity contribution in [3.8, 4) is 5.75 Å². The van der Waals surface area contributed by atoms with Gasteiger partial charge in [-0.05, 0) is 37.6 Å². The summed E-state index contributed by atoms with van der Waals surface area (Å²) < 4.78 is 40.6. The second kappa shape index (κ2) is 9.49. The van der Waals surface area contributed by atoms with Crippen LogP contribution in [0.1, 0.15) is 19.4 Å². The number of halogens is 3. The third kappa shape index (κ3) is 8.11. The molecule has 0 heterocycles. The zero-order valence-corrected chi connectivity index (χ0v) is 13.4. The van der Waals surface area contributed by atoms with Crippen LogP contribution in [0, 0.1) is 0 Å². The van der Waals surface area contributed by atoms with Crippen molar-refractivity contribution in [2.24, 2.45) is 15.1 Å². The van der Waals surface area contributed by atoms with Crippen molar-refractivity contribution in [2.75, 3.05) is 0 Å². The number of rotatable bonds is 8. The molecule has 5 nitrogen and oxygen atoms in total. The van der Waals surface area contributed by atoms with Crippen molar-refractivity contribution in [1.82, 2.24) is 5.01 Å². The van der Waals surface area contributed by atoms with Gasteiger partial charge in [0.1, 0.15) is 12.1 Å². The van der Waals surface area contributed by atoms with Crippen LogP contribution in [0.3, 0.4) is 0 Å². The van der Waals surface area contributed by atoms with Gasteiger partial charge in [0.05, 0.1) is 12.6 Å². The summed E-state index contributed by atoms with van der Waals surface area (Å²) in [6.45, 7) is 7.34. The number of hydrazone groups is 1. The Labute approximate surface area is 138 Å². The van der Waals surface area contributed by atoms with Crippen LogP contribution in [0.25, 0.3) is 0 Å². The summed E-state index contributed by atoms with van der Waals surface area (Å²) in [6.07, 6.45) is 1.77. The summed E-state index contributed by atoms with van der Waals surface area (Å²) in [5.41, 5.74) is 0.598. The van der Waals surface area contributed by atoms with E-state index in [2.05, 4.69) is 26.5 Å². The predicted molar refractivity (Wildman–Crippen MR) is 89.5 cm³/mol. The van der Waals surface area contributed by atoms with Crippen LogP contribution in [0.15, 0.2) is 51.6 Å². The van der Waals surface area contributed by atoms with E-state index in [0.29, 0.717) is 5.56 Å². The molecule has 1 atom stereocenters. The van der Waals surface area contributed by atoms with Crippen molar-refractivity contribution in [3.05, 3.63) is 42.1 Å². The molecule has 0 aromatic heterocycles. The van der Waals surface area contributed by atoms with E-state index in [9.17, 15) is 13.2 Å². The smallest absolute Gasteiger partial charge is 0.406 e. The van der Waals surface area contributed by atoms with Gasteiger partial charge in [-0.2, -0.15) is 5.10 Å². The van der Waals surface area contributed by atoms with Gasteiger partial charge >= 0.3 is 6.36 Å². The number of ether oxygens (including phenoxy) is 1. The molecule has 1 rings (SSSR count). The summed E-state index contributed by atoms with van der Waals surface area (Å²) in [7, 11) is 0. The average molecular weight is 340 g/mol. The minimum Gasteiger partial charge on any atom is -0.406 e. The lowest BCUT2D eigenvalue weighted by molar-refractivity contribution is -0.274. The molecule has 0 bridgehead atoms. The Kier molecular flexibility index (Phi) is 7.67. The highest BCUT2D eigenvalue weighted by Gasteiger charge is 2.31. The monoisotopic (exact) mass is 340 g/mol. The third-order valence-corrected chi connectivity index (χ3v) is 2.71. The van der Waals surface area contributed by atoms with Gasteiger partial charge < -0.3 is 4.74 Å². The second-order valence-corrected chi connectivity index (χ2v) is 4.69. The molecule has 0 aliphatic rings. The third-order valence-electron chi connectivity index (χ3n) is 2.71. The number of nitrogens with zero attached hydrogens (tertiary/aromatic N) is 4. The standard InChI is InChI=1S/C16H19F3N4O/c1-4-21-12-22-13(2)8-9-23(20-3)11-14-6-5-7-15(10-14)24-16(17,18)19/h4-10,12-13H,3,11H2,1-2H3/b9-8-,21-4?,22-12?. The van der Waals surface area contributed by atoms with E-state index in [0.717, 1.165) is 0 Å². The number of alkyl halides is 3. The lowest BCUT2D eigenvalue weighted by Crippen LogP contribution is -2.17. The molecule has 8 heteroatoms. The number of aliphatic imine (C=N–C) groups is 2. The summed E-state index contributed by atoms with van der Waals surface area (Å²) in [6, 6.07) is 5.57. The molecule has 0 saturated carbocycles. The van der Waals surface area contributed by atoms with Gasteiger partial charge in [0, 0.05) is 19.1 Å². The van der Waals surface area contributed by atoms with Gasteiger partial charge in [-0.15, -0.1) is 13.2 Å². The van der Waals surface area contributed by atoms with Crippen molar-refractivity contribution in [1.29, 1.82) is 0 Å². The Bertz CT molecular complexity index is 612. The van der Waals surface area contributed by atoms with E-state index in [-0.39, 0.29) is 18.3 Å². The number of hydrogen-bond acceptors (Lipinski definition) is 4. The maximum atomic E-state index is 12.2. The Morgan fingerprint density at radius 3 is 2.75 bits per heavy atom. The molecule has 0 spiro atoms. The van der Waals surface area contributed by atoms with Crippen molar-refractivity contribution in [2.45, 2.75) is 32.8 Å². The Hall–Kier alpha value is -2.64. The van der Waals surface area contributed by atoms with E-state index in [1.54, 1.807) is 31.5 Å². The highest BCUT2D eigenvalue weighted by Crippen LogP contribution is 2.23. The Balaban J connectivity index is 2.71. The van der Waals surface area contributed by atoms with E-state index < -0.39 is 6.36 Å². The van der Waals surface area contributed by atoms with Crippen LogP contribution < -0.4 is 4.74 Å². The maximum absolute atomic E-state index is 12.2. The van der Waals surface area contributed by atoms with Crippen LogP contribution in [0.4, 0.5) is 13.2 Å². The fraction of sp³-hybridized carbons (Fsp3) is 0.312. The highest BCUT2D eigenvalue weighted by molar-refractivity contribution is 5.70. The zero-order chi connectivity index (χ0) is 18.0. The van der Waals surface area contributed by atoms with Gasteiger partial charge in [0.25, 0.3) is 0 Å². The topological polar surface area (TPSA) is 49.5 Å². The maximum Gasteiger partial charge on any atom is 0.573 e. The summed E-state index contributed by atoms with van der Waals surface area (Å²) in [5.74, 6) is -0.275. The molecular formula is C16H19F3N4O. The first kappa shape index (κ1) is 19.4. The summed E-state index contributed by atoms with van der Waals surface area (Å²) >= 11 is 0. The molecule has 1 aromatic carbocycles. The van der Waals surface area contributed by atoms with Crippen LogP contribution in [-0.4, -0.2) is 36.7 Å². The Morgan fingerprint density at radius 1 is 1.38 bits per heavy atom. The quantitative estimate of drug-likeness (QED) is 0.408. The highest BCUT2D eigenvalue weighted by atomic mass is 19.4. The first-order valence-electron chi connectivity index (χ1n) is 7.09. The van der Waals surface area contributed by atoms with Gasteiger partial charge in [0.15, 0.2) is 0 Å². The largest absolute Gasteiger partial charge is 0.573 e. The normalized spacial score (nSPS) is 13.7. The second-order valence-electron chi connectivity index (χ2n) is 4.69. The molecule has 0 radical (unpaired) electrons. The van der Waals surface area contributed by atoms with E-state index in [1.165, 1.54) is 29.5 Å². The van der Waals surface area contributed by atoms with Crippen LogP contribution in [-0.2, 0) is 6.54 Å². The molecule has 0 fully saturated rings. The SMILES string of the molecule is C=NN(/C=C\C(C)N=CN=CC)Cc1cccc(OC(F)(F)F)c1. The van der Waals surface area contributed by atoms with Crippen molar-refractivity contribution in [3.63, 3.8) is 0 Å². The Morgan fingerprint density at radius 2 is 2.12 bits per heavy atom. The molecule has 1 unspecified atom stereocenters. The predicted octanol–water partition coefficient (Wildman–Crippen LogP) is 4.02. The first-order valence-corrected chi connectivity index (χ1v) is 7.09. The van der Waals surface area contributed by atoms with Crippen LogP contribution >= 0.6 is 0 Å². The minimum absolute atomic E-state index is 0.127. The molecule has 0 aliphatic heterocycles. The summed E-state index contributed by atoms with van der Waals surface area (Å²) in [4.78, 5) is 8.00. The van der Waals surface area contributed by atoms with E-state index in [4.69, 9.17) is 0 Å². The molecular weight excluding hydrogens is 321 g/mol. The number of benzene rings is 1. The molecule has 0 amide bonds. The lowest BCUT2D eigenvalue weighted by Gasteiger charge is -2.15. The first-order chi connectivity index (χ1) is 11.3. The van der Waals surface area contributed by atoms with Crippen molar-refractivity contribution < 1.29 is 17.9 Å². The fourth-order valence-electron chi connectivity index (χ4n) is 1.66. The average Bonchev–Trinajstić information content (AvgIpc) is 2.50. The fourth-order valence-corrected chi connectivity index (χ4v) is 1.66. The lowest BCUT2D eigenvalue weighted by atomic mass is 10.2. The minimum atomic E-state index is -4.72. The molecule has 1 aromatic rings. The van der Waals surface area contributed by atoms with Gasteiger partial charge in [-0.1, -0.05) is 12.1 Å². The van der Waals surface area contributed by atoms with Gasteiger partial charge in [-0.25, -0.2) is 4.99 Å². The molecule has 0 N–H and O–H groups in total. The van der Waals surface area contributed by atoms with Gasteiger partial charge in [0.2, 0.25) is 0 Å².